The molecule has 166 valence electrons. The van der Waals surface area contributed by atoms with Gasteiger partial charge in [0.1, 0.15) is 11.3 Å². The number of rotatable bonds is 9. The standard InChI is InChI=1S/C25H30ClNO4/c1-3-5-16-31-22-13-12-20(17-21(22)23(28)30-4-2)27-24(29)25(14-6-7-15-25)18-8-10-19(26)11-9-18/h8-13,17H,3-7,14-16H2,1-2H3,(H,27,29). The number of anilines is 1. The second-order valence-corrected chi connectivity index (χ2v) is 8.32. The van der Waals surface area contributed by atoms with E-state index in [0.29, 0.717) is 28.6 Å². The van der Waals surface area contributed by atoms with Gasteiger partial charge in [-0.1, -0.05) is 49.9 Å². The van der Waals surface area contributed by atoms with E-state index in [4.69, 9.17) is 21.1 Å². The predicted molar refractivity (Wildman–Crippen MR) is 123 cm³/mol. The molecule has 0 heterocycles. The summed E-state index contributed by atoms with van der Waals surface area (Å²) in [4.78, 5) is 25.9. The Morgan fingerprint density at radius 3 is 2.42 bits per heavy atom. The Morgan fingerprint density at radius 1 is 1.06 bits per heavy atom. The van der Waals surface area contributed by atoms with Crippen molar-refractivity contribution in [1.29, 1.82) is 0 Å². The fraction of sp³-hybridized carbons (Fsp3) is 0.440. The molecule has 0 atom stereocenters. The van der Waals surface area contributed by atoms with Gasteiger partial charge in [-0.15, -0.1) is 0 Å². The first-order valence-corrected chi connectivity index (χ1v) is 11.4. The fourth-order valence-corrected chi connectivity index (χ4v) is 4.20. The lowest BCUT2D eigenvalue weighted by Crippen LogP contribution is -2.38. The van der Waals surface area contributed by atoms with Crippen LogP contribution in [0.2, 0.25) is 5.02 Å². The second kappa shape index (κ2) is 10.7. The number of hydrogen-bond donors (Lipinski definition) is 1. The summed E-state index contributed by atoms with van der Waals surface area (Å²) in [6.07, 6.45) is 5.44. The van der Waals surface area contributed by atoms with E-state index in [1.165, 1.54) is 0 Å². The summed E-state index contributed by atoms with van der Waals surface area (Å²) in [7, 11) is 0. The minimum absolute atomic E-state index is 0.0678. The van der Waals surface area contributed by atoms with E-state index < -0.39 is 11.4 Å². The molecule has 1 amide bonds. The quantitative estimate of drug-likeness (QED) is 0.373. The van der Waals surface area contributed by atoms with Gasteiger partial charge in [0.2, 0.25) is 5.91 Å². The summed E-state index contributed by atoms with van der Waals surface area (Å²) < 4.78 is 11.0. The number of nitrogens with one attached hydrogen (secondary N) is 1. The van der Waals surface area contributed by atoms with Crippen LogP contribution in [-0.2, 0) is 14.9 Å². The highest BCUT2D eigenvalue weighted by Gasteiger charge is 2.42. The second-order valence-electron chi connectivity index (χ2n) is 7.88. The van der Waals surface area contributed by atoms with Gasteiger partial charge >= 0.3 is 5.97 Å². The van der Waals surface area contributed by atoms with Crippen molar-refractivity contribution in [2.45, 2.75) is 57.8 Å². The Bertz CT molecular complexity index is 904. The molecule has 6 heteroatoms. The van der Waals surface area contributed by atoms with Gasteiger partial charge in [-0.3, -0.25) is 4.79 Å². The van der Waals surface area contributed by atoms with Gasteiger partial charge in [0.25, 0.3) is 0 Å². The molecule has 1 fully saturated rings. The summed E-state index contributed by atoms with van der Waals surface area (Å²) in [6, 6.07) is 12.6. The number of esters is 1. The summed E-state index contributed by atoms with van der Waals surface area (Å²) in [5.74, 6) is -0.0571. The van der Waals surface area contributed by atoms with Gasteiger partial charge in [0, 0.05) is 10.7 Å². The van der Waals surface area contributed by atoms with Crippen molar-refractivity contribution in [2.24, 2.45) is 0 Å². The molecular formula is C25H30ClNO4. The van der Waals surface area contributed by atoms with Gasteiger partial charge in [-0.25, -0.2) is 4.79 Å². The number of carbonyl (C=O) groups is 2. The van der Waals surface area contributed by atoms with Gasteiger partial charge in [-0.05, 0) is 62.1 Å². The van der Waals surface area contributed by atoms with Crippen LogP contribution in [0.4, 0.5) is 5.69 Å². The number of hydrogen-bond acceptors (Lipinski definition) is 4. The summed E-state index contributed by atoms with van der Waals surface area (Å²) in [6.45, 7) is 4.63. The molecule has 1 saturated carbocycles. The maximum absolute atomic E-state index is 13.4. The Labute approximate surface area is 189 Å². The van der Waals surface area contributed by atoms with Crippen LogP contribution >= 0.6 is 11.6 Å². The normalized spacial score (nSPS) is 14.8. The highest BCUT2D eigenvalue weighted by molar-refractivity contribution is 6.30. The minimum atomic E-state index is -0.592. The molecule has 0 spiro atoms. The number of benzene rings is 2. The van der Waals surface area contributed by atoms with Crippen LogP contribution in [0, 0.1) is 0 Å². The summed E-state index contributed by atoms with van der Waals surface area (Å²) >= 11 is 6.05. The zero-order valence-corrected chi connectivity index (χ0v) is 19.0. The SMILES string of the molecule is CCCCOc1ccc(NC(=O)C2(c3ccc(Cl)cc3)CCCC2)cc1C(=O)OCC. The monoisotopic (exact) mass is 443 g/mol. The average molecular weight is 444 g/mol. The molecule has 2 aromatic carbocycles. The zero-order chi connectivity index (χ0) is 22.3. The molecule has 5 nitrogen and oxygen atoms in total. The molecular weight excluding hydrogens is 414 g/mol. The average Bonchev–Trinajstić information content (AvgIpc) is 3.26. The maximum Gasteiger partial charge on any atom is 0.341 e. The highest BCUT2D eigenvalue weighted by atomic mass is 35.5. The van der Waals surface area contributed by atoms with Crippen LogP contribution in [0.5, 0.6) is 5.75 Å². The van der Waals surface area contributed by atoms with Crippen molar-refractivity contribution in [2.75, 3.05) is 18.5 Å². The van der Waals surface area contributed by atoms with Crippen LogP contribution < -0.4 is 10.1 Å². The number of unbranched alkanes of at least 4 members (excludes halogenated alkanes) is 1. The van der Waals surface area contributed by atoms with E-state index in [1.807, 2.05) is 24.3 Å². The Kier molecular flexibility index (Phi) is 7.97. The molecule has 1 aliphatic rings. The van der Waals surface area contributed by atoms with Gasteiger partial charge in [0.05, 0.1) is 18.6 Å². The summed E-state index contributed by atoms with van der Waals surface area (Å²) in [5, 5.41) is 3.68. The first-order valence-electron chi connectivity index (χ1n) is 11.0. The Balaban J connectivity index is 1.86. The van der Waals surface area contributed by atoms with Crippen LogP contribution in [0.3, 0.4) is 0 Å². The fourth-order valence-electron chi connectivity index (χ4n) is 4.07. The molecule has 0 bridgehead atoms. The van der Waals surface area contributed by atoms with Gasteiger partial charge in [-0.2, -0.15) is 0 Å². The zero-order valence-electron chi connectivity index (χ0n) is 18.2. The van der Waals surface area contributed by atoms with Crippen molar-refractivity contribution >= 4 is 29.2 Å². The van der Waals surface area contributed by atoms with Crippen LogP contribution in [-0.4, -0.2) is 25.1 Å². The molecule has 0 unspecified atom stereocenters. The number of amides is 1. The van der Waals surface area contributed by atoms with Gasteiger partial charge in [0.15, 0.2) is 0 Å². The van der Waals surface area contributed by atoms with E-state index in [-0.39, 0.29) is 12.5 Å². The molecule has 1 aliphatic carbocycles. The topological polar surface area (TPSA) is 64.6 Å². The van der Waals surface area contributed by atoms with E-state index in [9.17, 15) is 9.59 Å². The van der Waals surface area contributed by atoms with Crippen molar-refractivity contribution < 1.29 is 19.1 Å². The van der Waals surface area contributed by atoms with E-state index in [1.54, 1.807) is 25.1 Å². The molecule has 1 N–H and O–H groups in total. The third kappa shape index (κ3) is 5.40. The lowest BCUT2D eigenvalue weighted by Gasteiger charge is -2.28. The molecule has 0 aromatic heterocycles. The molecule has 3 rings (SSSR count). The molecule has 0 aliphatic heterocycles. The van der Waals surface area contributed by atoms with E-state index in [0.717, 1.165) is 44.1 Å². The molecule has 0 saturated heterocycles. The maximum atomic E-state index is 13.4. The van der Waals surface area contributed by atoms with E-state index in [2.05, 4.69) is 12.2 Å². The van der Waals surface area contributed by atoms with Crippen LogP contribution in [0.25, 0.3) is 0 Å². The van der Waals surface area contributed by atoms with Crippen molar-refractivity contribution in [1.82, 2.24) is 0 Å². The Morgan fingerprint density at radius 2 is 1.77 bits per heavy atom. The highest BCUT2D eigenvalue weighted by Crippen LogP contribution is 2.42. The van der Waals surface area contributed by atoms with E-state index >= 15 is 0 Å². The predicted octanol–water partition coefficient (Wildman–Crippen LogP) is 6.15. The lowest BCUT2D eigenvalue weighted by atomic mass is 9.78. The van der Waals surface area contributed by atoms with Crippen molar-refractivity contribution in [3.05, 3.63) is 58.6 Å². The number of ether oxygens (including phenoxy) is 2. The van der Waals surface area contributed by atoms with Crippen molar-refractivity contribution in [3.8, 4) is 5.75 Å². The molecule has 31 heavy (non-hydrogen) atoms. The Hall–Kier alpha value is -2.53. The smallest absolute Gasteiger partial charge is 0.341 e. The third-order valence-corrected chi connectivity index (χ3v) is 6.03. The summed E-state index contributed by atoms with van der Waals surface area (Å²) in [5.41, 5.74) is 1.25. The number of carbonyl (C=O) groups excluding carboxylic acids is 2. The third-order valence-electron chi connectivity index (χ3n) is 5.78. The molecule has 2 aromatic rings. The van der Waals surface area contributed by atoms with Crippen LogP contribution in [0.15, 0.2) is 42.5 Å². The molecule has 0 radical (unpaired) electrons. The van der Waals surface area contributed by atoms with Gasteiger partial charge < -0.3 is 14.8 Å². The first-order chi connectivity index (χ1) is 15.0. The minimum Gasteiger partial charge on any atom is -0.493 e. The first kappa shape index (κ1) is 23.1. The lowest BCUT2D eigenvalue weighted by molar-refractivity contribution is -0.121. The number of halogens is 1. The largest absolute Gasteiger partial charge is 0.493 e. The van der Waals surface area contributed by atoms with Crippen molar-refractivity contribution in [3.63, 3.8) is 0 Å². The van der Waals surface area contributed by atoms with Crippen LogP contribution in [0.1, 0.15) is 68.3 Å².